The minimum absolute atomic E-state index is 0.0667. The van der Waals surface area contributed by atoms with Gasteiger partial charge < -0.3 is 36.0 Å². The number of benzene rings is 1. The molecule has 0 radical (unpaired) electrons. The number of phenolic OH excluding ortho intramolecular Hbond substituents is 1. The highest BCUT2D eigenvalue weighted by molar-refractivity contribution is 6.24. The summed E-state index contributed by atoms with van der Waals surface area (Å²) in [5.41, 5.74) is 4.12. The number of likely N-dealkylation sites (N-methyl/N-ethyl adjacent to an activating group) is 1. The Balaban J connectivity index is 1.62. The first-order valence-corrected chi connectivity index (χ1v) is 14.6. The number of aromatic hydroxyl groups is 1. The minimum Gasteiger partial charge on any atom is -0.508 e. The number of aryl methyl sites for hydroxylation is 1. The molecule has 3 aliphatic carbocycles. The Kier molecular flexibility index (Phi) is 7.66. The lowest BCUT2D eigenvalue weighted by molar-refractivity contribution is -0.153. The summed E-state index contributed by atoms with van der Waals surface area (Å²) < 4.78 is 0. The summed E-state index contributed by atoms with van der Waals surface area (Å²) in [6.07, 6.45) is 3.96. The van der Waals surface area contributed by atoms with Crippen LogP contribution in [0, 0.1) is 17.8 Å². The van der Waals surface area contributed by atoms with Crippen molar-refractivity contribution in [3.05, 3.63) is 39.7 Å². The zero-order valence-electron chi connectivity index (χ0n) is 25.0. The number of Topliss-reactive ketones (excluding diaryl/α,β-unsaturated/α-hetero) is 2. The number of nitrogens with zero attached hydrogens (tertiary/aromatic N) is 3. The third kappa shape index (κ3) is 4.49. The fraction of sp³-hybridized carbons (Fsp3) is 0.581. The number of hydrogen-bond acceptors (Lipinski definition) is 10. The lowest BCUT2D eigenvalue weighted by Gasteiger charge is -2.50. The lowest BCUT2D eigenvalue weighted by atomic mass is 9.57. The van der Waals surface area contributed by atoms with Crippen LogP contribution in [0.2, 0.25) is 0 Å². The molecule has 6 N–H and O–H groups in total. The number of aliphatic hydroxyl groups excluding tert-OH is 2. The Morgan fingerprint density at radius 1 is 1.12 bits per heavy atom. The van der Waals surface area contributed by atoms with Gasteiger partial charge in [-0.25, -0.2) is 0 Å². The number of ketones is 2. The molecule has 1 amide bonds. The minimum atomic E-state index is -2.64. The van der Waals surface area contributed by atoms with E-state index in [9.17, 15) is 34.8 Å². The number of amides is 1. The van der Waals surface area contributed by atoms with E-state index in [2.05, 4.69) is 11.9 Å². The Labute approximate surface area is 245 Å². The van der Waals surface area contributed by atoms with Gasteiger partial charge in [0, 0.05) is 31.3 Å². The number of piperidine rings is 1. The molecule has 1 saturated heterocycles. The third-order valence-corrected chi connectivity index (χ3v) is 9.92. The van der Waals surface area contributed by atoms with Crippen LogP contribution in [0.3, 0.4) is 0 Å². The van der Waals surface area contributed by atoms with Crippen LogP contribution in [0.1, 0.15) is 42.4 Å². The van der Waals surface area contributed by atoms with Gasteiger partial charge in [0.05, 0.1) is 11.6 Å². The molecule has 1 aromatic rings. The second-order valence-electron chi connectivity index (χ2n) is 12.9. The molecule has 4 aliphatic rings. The van der Waals surface area contributed by atoms with Crippen LogP contribution in [-0.4, -0.2) is 108 Å². The van der Waals surface area contributed by atoms with E-state index >= 15 is 0 Å². The zero-order chi connectivity index (χ0) is 30.8. The topological polar surface area (TPSA) is 168 Å². The number of primary amides is 1. The number of likely N-dealkylation sites (tertiary alicyclic amines) is 1. The molecule has 4 atom stereocenters. The van der Waals surface area contributed by atoms with Gasteiger partial charge >= 0.3 is 0 Å². The first-order valence-electron chi connectivity index (χ1n) is 14.6. The molecular formula is C31H42N4O7. The van der Waals surface area contributed by atoms with Gasteiger partial charge in [0.15, 0.2) is 11.4 Å². The van der Waals surface area contributed by atoms with Crippen molar-refractivity contribution >= 4 is 28.9 Å². The molecule has 0 aromatic heterocycles. The van der Waals surface area contributed by atoms with Crippen molar-refractivity contribution in [2.24, 2.45) is 23.5 Å². The van der Waals surface area contributed by atoms with Gasteiger partial charge in [-0.3, -0.25) is 19.3 Å². The number of rotatable bonds is 6. The van der Waals surface area contributed by atoms with E-state index in [0.29, 0.717) is 23.5 Å². The molecule has 0 spiro atoms. The summed E-state index contributed by atoms with van der Waals surface area (Å²) >= 11 is 0. The normalized spacial score (nSPS) is 28.6. The molecule has 5 rings (SSSR count). The maximum atomic E-state index is 14.1. The van der Waals surface area contributed by atoms with Crippen molar-refractivity contribution in [3.8, 4) is 5.75 Å². The summed E-state index contributed by atoms with van der Waals surface area (Å²) in [6.45, 7) is 2.06. The van der Waals surface area contributed by atoms with Gasteiger partial charge in [0.1, 0.15) is 22.8 Å². The van der Waals surface area contributed by atoms with Crippen molar-refractivity contribution < 1.29 is 34.8 Å². The highest BCUT2D eigenvalue weighted by atomic mass is 16.3. The Hall–Kier alpha value is -3.41. The summed E-state index contributed by atoms with van der Waals surface area (Å²) in [5.74, 6) is -5.81. The van der Waals surface area contributed by atoms with Crippen molar-refractivity contribution in [1.82, 2.24) is 9.80 Å². The van der Waals surface area contributed by atoms with E-state index in [1.165, 1.54) is 4.90 Å². The number of carbonyl (C=O) groups excluding carboxylic acids is 3. The average Bonchev–Trinajstić information content (AvgIpc) is 2.90. The van der Waals surface area contributed by atoms with Crippen LogP contribution in [0.5, 0.6) is 5.75 Å². The monoisotopic (exact) mass is 582 g/mol. The number of anilines is 1. The van der Waals surface area contributed by atoms with E-state index in [0.717, 1.165) is 38.0 Å². The van der Waals surface area contributed by atoms with Gasteiger partial charge in [-0.2, -0.15) is 0 Å². The van der Waals surface area contributed by atoms with Gasteiger partial charge in [0.25, 0.3) is 5.91 Å². The molecule has 228 valence electrons. The smallest absolute Gasteiger partial charge is 0.255 e. The Morgan fingerprint density at radius 2 is 1.76 bits per heavy atom. The van der Waals surface area contributed by atoms with Crippen LogP contribution in [0.15, 0.2) is 23.0 Å². The fourth-order valence-electron chi connectivity index (χ4n) is 7.65. The van der Waals surface area contributed by atoms with Gasteiger partial charge in [-0.05, 0) is 102 Å². The summed E-state index contributed by atoms with van der Waals surface area (Å²) in [6, 6.07) is 0.842. The standard InChI is InChI=1S/C31H42N4O7/c1-33(2)20-14-16(7-6-15-8-10-35(5)11-9-15)25(36)22-18(20)12-17-13-19-24(34(3)4)27(38)23(30(32)41)29(40)31(19,42)28(39)21(17)26(22)37/h14-15,17,19,24,36-37,40,42H,6-13H2,1-5H3,(H2,32,41)/t17-,19-,24-,31-/m0/s1. The van der Waals surface area contributed by atoms with Crippen molar-refractivity contribution in [2.45, 2.75) is 50.2 Å². The first kappa shape index (κ1) is 30.1. The first-order chi connectivity index (χ1) is 19.7. The second kappa shape index (κ2) is 10.7. The molecule has 2 fully saturated rings. The maximum Gasteiger partial charge on any atom is 0.255 e. The summed E-state index contributed by atoms with van der Waals surface area (Å²) in [7, 11) is 9.04. The maximum absolute atomic E-state index is 14.1. The highest BCUT2D eigenvalue weighted by Crippen LogP contribution is 2.54. The number of fused-ring (bicyclic) bond motifs is 3. The van der Waals surface area contributed by atoms with Gasteiger partial charge in [0.2, 0.25) is 5.78 Å². The number of carbonyl (C=O) groups is 3. The molecule has 11 nitrogen and oxygen atoms in total. The van der Waals surface area contributed by atoms with Crippen LogP contribution in [0.25, 0.3) is 5.76 Å². The van der Waals surface area contributed by atoms with E-state index in [1.807, 2.05) is 25.1 Å². The predicted molar refractivity (Wildman–Crippen MR) is 157 cm³/mol. The number of phenols is 1. The molecule has 1 heterocycles. The Morgan fingerprint density at radius 3 is 2.33 bits per heavy atom. The van der Waals surface area contributed by atoms with Crippen molar-refractivity contribution in [2.75, 3.05) is 53.2 Å². The molecule has 0 unspecified atom stereocenters. The summed E-state index contributed by atoms with van der Waals surface area (Å²) in [5, 5.41) is 46.1. The van der Waals surface area contributed by atoms with Crippen molar-refractivity contribution in [1.29, 1.82) is 0 Å². The molecule has 0 bridgehead atoms. The van der Waals surface area contributed by atoms with Crippen LogP contribution in [0.4, 0.5) is 5.69 Å². The molecule has 1 aliphatic heterocycles. The van der Waals surface area contributed by atoms with E-state index in [4.69, 9.17) is 5.73 Å². The Bertz CT molecular complexity index is 1410. The number of hydrogen-bond donors (Lipinski definition) is 5. The largest absolute Gasteiger partial charge is 0.508 e. The molecular weight excluding hydrogens is 540 g/mol. The fourth-order valence-corrected chi connectivity index (χ4v) is 7.65. The lowest BCUT2D eigenvalue weighted by Crippen LogP contribution is -2.65. The van der Waals surface area contributed by atoms with Crippen LogP contribution in [-0.2, 0) is 27.2 Å². The quantitative estimate of drug-likeness (QED) is 0.309. The van der Waals surface area contributed by atoms with Crippen molar-refractivity contribution in [3.63, 3.8) is 0 Å². The average molecular weight is 583 g/mol. The van der Waals surface area contributed by atoms with Gasteiger partial charge in [-0.15, -0.1) is 0 Å². The molecule has 1 saturated carbocycles. The second-order valence-corrected chi connectivity index (χ2v) is 12.9. The molecule has 11 heteroatoms. The third-order valence-electron chi connectivity index (χ3n) is 9.92. The molecule has 42 heavy (non-hydrogen) atoms. The van der Waals surface area contributed by atoms with E-state index in [-0.39, 0.29) is 29.7 Å². The van der Waals surface area contributed by atoms with E-state index < -0.39 is 58.0 Å². The van der Waals surface area contributed by atoms with Crippen LogP contribution >= 0.6 is 0 Å². The SMILES string of the molecule is CN1CCC(CCc2cc(N(C)C)c3c(c2O)C(O)=C2C(=O)[C@]4(O)C(O)=C(C(N)=O)C(=O)[C@@H](N(C)C)[C@@H]4C[C@@H]2C3)CC1. The van der Waals surface area contributed by atoms with E-state index in [1.54, 1.807) is 14.1 Å². The van der Waals surface area contributed by atoms with Gasteiger partial charge in [-0.1, -0.05) is 0 Å². The highest BCUT2D eigenvalue weighted by Gasteiger charge is 2.64. The zero-order valence-corrected chi connectivity index (χ0v) is 25.0. The van der Waals surface area contributed by atoms with Crippen LogP contribution < -0.4 is 10.6 Å². The molecule has 1 aromatic carbocycles. The predicted octanol–water partition coefficient (Wildman–Crippen LogP) is 1.30. The number of aliphatic hydroxyl groups is 3. The summed E-state index contributed by atoms with van der Waals surface area (Å²) in [4.78, 5) is 45.3. The number of nitrogens with two attached hydrogens (primary N) is 1.